The van der Waals surface area contributed by atoms with Crippen LogP contribution in [0.5, 0.6) is 0 Å². The van der Waals surface area contributed by atoms with Gasteiger partial charge in [-0.3, -0.25) is 9.59 Å². The Morgan fingerprint density at radius 3 is 2.57 bits per heavy atom. The van der Waals surface area contributed by atoms with Crippen molar-refractivity contribution in [1.29, 1.82) is 0 Å². The van der Waals surface area contributed by atoms with Gasteiger partial charge in [0.25, 0.3) is 0 Å². The molecule has 0 aliphatic rings. The van der Waals surface area contributed by atoms with Crippen LogP contribution in [0.1, 0.15) is 6.92 Å². The first-order valence-corrected chi connectivity index (χ1v) is 5.45. The number of likely N-dealkylation sites (N-methyl/N-ethyl adjacent to an activating group) is 1. The average Bonchev–Trinajstić information content (AvgIpc) is 2.13. The molecule has 0 aliphatic carbocycles. The summed E-state index contributed by atoms with van der Waals surface area (Å²) in [5.41, 5.74) is 0. The van der Waals surface area contributed by atoms with Crippen molar-refractivity contribution in [3.05, 3.63) is 11.5 Å². The Kier molecular flexibility index (Phi) is 6.03. The van der Waals surface area contributed by atoms with E-state index in [2.05, 4.69) is 0 Å². The third-order valence-corrected chi connectivity index (χ3v) is 2.10. The molecule has 0 aromatic rings. The molecule has 0 aliphatic heterocycles. The second kappa shape index (κ2) is 6.48. The molecule has 1 amide bonds. The van der Waals surface area contributed by atoms with Crippen molar-refractivity contribution in [2.24, 2.45) is 5.92 Å². The molecule has 4 nitrogen and oxygen atoms in total. The van der Waals surface area contributed by atoms with E-state index >= 15 is 0 Å². The van der Waals surface area contributed by atoms with Crippen LogP contribution in [0.3, 0.4) is 0 Å². The topological polar surface area (TPSA) is 57.6 Å². The molecule has 0 bridgehead atoms. The van der Waals surface area contributed by atoms with Crippen LogP contribution in [0.25, 0.3) is 0 Å². The summed E-state index contributed by atoms with van der Waals surface area (Å²) in [6.07, 6.45) is 3.28. The number of hydrogen-bond acceptors (Lipinski definition) is 3. The van der Waals surface area contributed by atoms with Gasteiger partial charge in [0, 0.05) is 19.7 Å². The Balaban J connectivity index is 4.07. The van der Waals surface area contributed by atoms with E-state index in [4.69, 9.17) is 5.11 Å². The first-order chi connectivity index (χ1) is 6.49. The fraction of sp³-hybridized carbons (Fsp3) is 0.556. The van der Waals surface area contributed by atoms with Crippen molar-refractivity contribution in [3.8, 4) is 0 Å². The molecule has 0 spiro atoms. The molecule has 5 heteroatoms. The maximum atomic E-state index is 11.3. The highest BCUT2D eigenvalue weighted by Gasteiger charge is 2.15. The summed E-state index contributed by atoms with van der Waals surface area (Å²) < 4.78 is 0. The van der Waals surface area contributed by atoms with E-state index in [1.807, 2.05) is 6.26 Å². The highest BCUT2D eigenvalue weighted by molar-refractivity contribution is 8.01. The number of carbonyl (C=O) groups is 2. The van der Waals surface area contributed by atoms with Crippen LogP contribution in [0.15, 0.2) is 11.5 Å². The van der Waals surface area contributed by atoms with E-state index in [9.17, 15) is 9.59 Å². The summed E-state index contributed by atoms with van der Waals surface area (Å²) in [6, 6.07) is 0. The predicted molar refractivity (Wildman–Crippen MR) is 57.1 cm³/mol. The lowest BCUT2D eigenvalue weighted by Gasteiger charge is -2.17. The summed E-state index contributed by atoms with van der Waals surface area (Å²) >= 11 is 1.43. The van der Waals surface area contributed by atoms with E-state index in [0.29, 0.717) is 0 Å². The van der Waals surface area contributed by atoms with Crippen LogP contribution in [-0.4, -0.2) is 41.7 Å². The largest absolute Gasteiger partial charge is 0.481 e. The van der Waals surface area contributed by atoms with E-state index < -0.39 is 11.9 Å². The molecule has 14 heavy (non-hydrogen) atoms. The van der Waals surface area contributed by atoms with Gasteiger partial charge in [0.1, 0.15) is 0 Å². The fourth-order valence-corrected chi connectivity index (χ4v) is 1.08. The first kappa shape index (κ1) is 13.0. The molecule has 1 N–H and O–H groups in total. The monoisotopic (exact) mass is 217 g/mol. The van der Waals surface area contributed by atoms with Gasteiger partial charge in [-0.25, -0.2) is 0 Å². The van der Waals surface area contributed by atoms with Gasteiger partial charge in [-0.1, -0.05) is 6.92 Å². The Hall–Kier alpha value is -0.970. The molecule has 0 rings (SSSR count). The molecule has 0 heterocycles. The molecule has 0 radical (unpaired) electrons. The molecule has 1 atom stereocenters. The Morgan fingerprint density at radius 1 is 1.57 bits per heavy atom. The molecule has 1 unspecified atom stereocenters. The SMILES string of the molecule is CS/C=C/C(=O)N(C)CC(C)C(=O)O. The molecule has 0 aromatic carbocycles. The van der Waals surface area contributed by atoms with Crippen molar-refractivity contribution >= 4 is 23.6 Å². The number of thioether (sulfide) groups is 1. The number of rotatable bonds is 5. The van der Waals surface area contributed by atoms with Crippen molar-refractivity contribution in [1.82, 2.24) is 4.90 Å². The van der Waals surface area contributed by atoms with Gasteiger partial charge in [-0.2, -0.15) is 0 Å². The van der Waals surface area contributed by atoms with E-state index in [1.165, 1.54) is 22.7 Å². The van der Waals surface area contributed by atoms with Gasteiger partial charge in [0.15, 0.2) is 0 Å². The predicted octanol–water partition coefficient (Wildman–Crippen LogP) is 1.04. The van der Waals surface area contributed by atoms with Crippen LogP contribution in [0.4, 0.5) is 0 Å². The van der Waals surface area contributed by atoms with E-state index in [1.54, 1.807) is 19.4 Å². The number of hydrogen-bond donors (Lipinski definition) is 1. The van der Waals surface area contributed by atoms with Gasteiger partial charge in [0.2, 0.25) is 5.91 Å². The third-order valence-electron chi connectivity index (χ3n) is 1.69. The molecular formula is C9H15NO3S. The molecule has 0 fully saturated rings. The Labute approximate surface area is 88.0 Å². The zero-order chi connectivity index (χ0) is 11.1. The Morgan fingerprint density at radius 2 is 2.14 bits per heavy atom. The number of carboxylic acids is 1. The van der Waals surface area contributed by atoms with Crippen LogP contribution in [0, 0.1) is 5.92 Å². The lowest BCUT2D eigenvalue weighted by Crippen LogP contribution is -2.32. The van der Waals surface area contributed by atoms with Gasteiger partial charge in [-0.15, -0.1) is 11.8 Å². The van der Waals surface area contributed by atoms with Crippen LogP contribution >= 0.6 is 11.8 Å². The number of amides is 1. The molecule has 0 aromatic heterocycles. The summed E-state index contributed by atoms with van der Waals surface area (Å²) in [5.74, 6) is -1.60. The summed E-state index contributed by atoms with van der Waals surface area (Å²) in [6.45, 7) is 1.80. The molecular weight excluding hydrogens is 202 g/mol. The number of nitrogens with zero attached hydrogens (tertiary/aromatic N) is 1. The van der Waals surface area contributed by atoms with E-state index in [-0.39, 0.29) is 12.5 Å². The van der Waals surface area contributed by atoms with Crippen LogP contribution < -0.4 is 0 Å². The fourth-order valence-electron chi connectivity index (χ4n) is 0.832. The van der Waals surface area contributed by atoms with Crippen molar-refractivity contribution in [2.45, 2.75) is 6.92 Å². The lowest BCUT2D eigenvalue weighted by molar-refractivity contribution is -0.142. The highest BCUT2D eigenvalue weighted by atomic mass is 32.2. The number of aliphatic carboxylic acids is 1. The van der Waals surface area contributed by atoms with Gasteiger partial charge in [0.05, 0.1) is 5.92 Å². The lowest BCUT2D eigenvalue weighted by atomic mass is 10.2. The first-order valence-electron chi connectivity index (χ1n) is 4.16. The smallest absolute Gasteiger partial charge is 0.308 e. The van der Waals surface area contributed by atoms with Crippen molar-refractivity contribution < 1.29 is 14.7 Å². The van der Waals surface area contributed by atoms with E-state index in [0.717, 1.165) is 0 Å². The highest BCUT2D eigenvalue weighted by Crippen LogP contribution is 2.00. The average molecular weight is 217 g/mol. The minimum absolute atomic E-state index is 0.174. The molecule has 80 valence electrons. The normalized spacial score (nSPS) is 12.8. The summed E-state index contributed by atoms with van der Waals surface area (Å²) in [7, 11) is 1.59. The minimum atomic E-state index is -0.890. The zero-order valence-electron chi connectivity index (χ0n) is 8.56. The van der Waals surface area contributed by atoms with Crippen molar-refractivity contribution in [2.75, 3.05) is 19.8 Å². The summed E-state index contributed by atoms with van der Waals surface area (Å²) in [4.78, 5) is 23.2. The quantitative estimate of drug-likeness (QED) is 0.699. The third kappa shape index (κ3) is 4.91. The number of carbonyl (C=O) groups excluding carboxylic acids is 1. The second-order valence-corrected chi connectivity index (χ2v) is 3.74. The minimum Gasteiger partial charge on any atom is -0.481 e. The standard InChI is InChI=1S/C9H15NO3S/c1-7(9(12)13)6-10(2)8(11)4-5-14-3/h4-5,7H,6H2,1-3H3,(H,12,13)/b5-4+. The van der Waals surface area contributed by atoms with Gasteiger partial charge >= 0.3 is 5.97 Å². The molecule has 0 saturated heterocycles. The zero-order valence-corrected chi connectivity index (χ0v) is 9.37. The maximum absolute atomic E-state index is 11.3. The van der Waals surface area contributed by atoms with Crippen molar-refractivity contribution in [3.63, 3.8) is 0 Å². The van der Waals surface area contributed by atoms with Gasteiger partial charge in [-0.05, 0) is 11.7 Å². The maximum Gasteiger partial charge on any atom is 0.308 e. The number of carboxylic acid groups (broad SMARTS) is 1. The second-order valence-electron chi connectivity index (χ2n) is 3.00. The summed E-state index contributed by atoms with van der Waals surface area (Å²) in [5, 5.41) is 10.3. The van der Waals surface area contributed by atoms with Gasteiger partial charge < -0.3 is 10.0 Å². The van der Waals surface area contributed by atoms with Crippen LogP contribution in [-0.2, 0) is 9.59 Å². The van der Waals surface area contributed by atoms with Crippen LogP contribution in [0.2, 0.25) is 0 Å². The molecule has 0 saturated carbocycles. The Bertz CT molecular complexity index is 240.